The molecular formula is C16H17FN2O. The van der Waals surface area contributed by atoms with Crippen LogP contribution >= 0.6 is 0 Å². The van der Waals surface area contributed by atoms with Crippen LogP contribution in [-0.2, 0) is 4.79 Å². The third-order valence-electron chi connectivity index (χ3n) is 3.31. The molecule has 1 atom stereocenters. The van der Waals surface area contributed by atoms with Gasteiger partial charge in [-0.05, 0) is 54.8 Å². The van der Waals surface area contributed by atoms with Crippen LogP contribution in [0.4, 0.5) is 10.1 Å². The summed E-state index contributed by atoms with van der Waals surface area (Å²) in [5, 5.41) is 3.09. The van der Waals surface area contributed by atoms with Crippen molar-refractivity contribution in [3.8, 4) is 0 Å². The third kappa shape index (κ3) is 3.15. The van der Waals surface area contributed by atoms with Gasteiger partial charge in [-0.1, -0.05) is 18.2 Å². The van der Waals surface area contributed by atoms with Crippen molar-refractivity contribution in [1.82, 2.24) is 0 Å². The Balaban J connectivity index is 2.27. The van der Waals surface area contributed by atoms with Crippen LogP contribution in [0.1, 0.15) is 22.7 Å². The van der Waals surface area contributed by atoms with Crippen molar-refractivity contribution in [2.45, 2.75) is 19.9 Å². The number of rotatable bonds is 4. The first-order valence-corrected chi connectivity index (χ1v) is 6.36. The maximum Gasteiger partial charge on any atom is 0.244 e. The molecule has 0 aliphatic heterocycles. The largest absolute Gasteiger partial charge is 0.370 e. The van der Waals surface area contributed by atoms with Crippen molar-refractivity contribution in [2.75, 3.05) is 5.32 Å². The summed E-state index contributed by atoms with van der Waals surface area (Å²) < 4.78 is 12.9. The number of amides is 1. The molecule has 3 N–H and O–H groups in total. The summed E-state index contributed by atoms with van der Waals surface area (Å²) in [5.74, 6) is -0.849. The second kappa shape index (κ2) is 5.74. The molecule has 20 heavy (non-hydrogen) atoms. The minimum Gasteiger partial charge on any atom is -0.370 e. The van der Waals surface area contributed by atoms with Crippen molar-refractivity contribution >= 4 is 11.6 Å². The number of benzene rings is 2. The van der Waals surface area contributed by atoms with Crippen LogP contribution in [-0.4, -0.2) is 5.91 Å². The Labute approximate surface area is 117 Å². The molecule has 0 saturated heterocycles. The Morgan fingerprint density at radius 2 is 1.75 bits per heavy atom. The molecule has 2 aromatic rings. The number of nitrogens with one attached hydrogen (secondary N) is 1. The average molecular weight is 272 g/mol. The fraction of sp³-hybridized carbons (Fsp3) is 0.188. The summed E-state index contributed by atoms with van der Waals surface area (Å²) in [6.45, 7) is 4.02. The molecule has 2 aromatic carbocycles. The first-order chi connectivity index (χ1) is 9.47. The summed E-state index contributed by atoms with van der Waals surface area (Å²) >= 11 is 0. The first kappa shape index (κ1) is 14.1. The summed E-state index contributed by atoms with van der Waals surface area (Å²) in [4.78, 5) is 11.6. The highest BCUT2D eigenvalue weighted by Crippen LogP contribution is 2.21. The van der Waals surface area contributed by atoms with Crippen molar-refractivity contribution in [3.05, 3.63) is 65.0 Å². The predicted octanol–water partition coefficient (Wildman–Crippen LogP) is 3.08. The lowest BCUT2D eigenvalue weighted by molar-refractivity contribution is -0.118. The van der Waals surface area contributed by atoms with E-state index in [2.05, 4.69) is 5.32 Å². The Hall–Kier alpha value is -2.36. The maximum atomic E-state index is 12.9. The fourth-order valence-corrected chi connectivity index (χ4v) is 1.97. The highest BCUT2D eigenvalue weighted by atomic mass is 19.1. The Bertz CT molecular complexity index is 623. The van der Waals surface area contributed by atoms with Gasteiger partial charge in [0.15, 0.2) is 0 Å². The first-order valence-electron chi connectivity index (χ1n) is 6.36. The highest BCUT2D eigenvalue weighted by Gasteiger charge is 2.17. The van der Waals surface area contributed by atoms with E-state index in [1.165, 1.54) is 17.7 Å². The second-order valence-electron chi connectivity index (χ2n) is 4.83. The van der Waals surface area contributed by atoms with Gasteiger partial charge in [-0.25, -0.2) is 4.39 Å². The predicted molar refractivity (Wildman–Crippen MR) is 77.9 cm³/mol. The van der Waals surface area contributed by atoms with Gasteiger partial charge >= 0.3 is 0 Å². The molecule has 0 bridgehead atoms. The molecule has 0 aliphatic rings. The van der Waals surface area contributed by atoms with Gasteiger partial charge in [0, 0.05) is 5.69 Å². The molecule has 0 radical (unpaired) electrons. The van der Waals surface area contributed by atoms with Gasteiger partial charge in [-0.15, -0.1) is 0 Å². The van der Waals surface area contributed by atoms with E-state index >= 15 is 0 Å². The highest BCUT2D eigenvalue weighted by molar-refractivity contribution is 5.84. The van der Waals surface area contributed by atoms with Crippen molar-refractivity contribution in [3.63, 3.8) is 0 Å². The molecule has 1 amide bonds. The lowest BCUT2D eigenvalue weighted by Gasteiger charge is -2.18. The van der Waals surface area contributed by atoms with E-state index in [0.29, 0.717) is 5.56 Å². The average Bonchev–Trinajstić information content (AvgIpc) is 2.41. The van der Waals surface area contributed by atoms with E-state index in [4.69, 9.17) is 5.73 Å². The number of aryl methyl sites for hydroxylation is 2. The molecule has 0 spiro atoms. The number of carbonyl (C=O) groups excluding carboxylic acids is 1. The SMILES string of the molecule is Cc1ccc(NC(C(N)=O)c2ccc(F)cc2)cc1C. The van der Waals surface area contributed by atoms with Crippen molar-refractivity contribution in [2.24, 2.45) is 5.73 Å². The Morgan fingerprint density at radius 3 is 2.30 bits per heavy atom. The monoisotopic (exact) mass is 272 g/mol. The number of halogens is 1. The quantitative estimate of drug-likeness (QED) is 0.898. The molecule has 1 unspecified atom stereocenters. The van der Waals surface area contributed by atoms with Gasteiger partial charge < -0.3 is 11.1 Å². The maximum absolute atomic E-state index is 12.9. The second-order valence-corrected chi connectivity index (χ2v) is 4.83. The topological polar surface area (TPSA) is 55.1 Å². The lowest BCUT2D eigenvalue weighted by atomic mass is 10.0. The van der Waals surface area contributed by atoms with E-state index in [-0.39, 0.29) is 5.82 Å². The zero-order valence-corrected chi connectivity index (χ0v) is 11.5. The Morgan fingerprint density at radius 1 is 1.10 bits per heavy atom. The normalized spacial score (nSPS) is 11.9. The van der Waals surface area contributed by atoms with Crippen LogP contribution in [0, 0.1) is 19.7 Å². The van der Waals surface area contributed by atoms with E-state index in [1.807, 2.05) is 32.0 Å². The van der Waals surface area contributed by atoms with E-state index < -0.39 is 11.9 Å². The molecule has 3 nitrogen and oxygen atoms in total. The zero-order valence-electron chi connectivity index (χ0n) is 11.5. The van der Waals surface area contributed by atoms with Crippen LogP contribution in [0.2, 0.25) is 0 Å². The van der Waals surface area contributed by atoms with Crippen molar-refractivity contribution in [1.29, 1.82) is 0 Å². The number of anilines is 1. The van der Waals surface area contributed by atoms with Crippen LogP contribution in [0.15, 0.2) is 42.5 Å². The molecular weight excluding hydrogens is 255 g/mol. The molecule has 0 aliphatic carbocycles. The lowest BCUT2D eigenvalue weighted by Crippen LogP contribution is -2.27. The zero-order chi connectivity index (χ0) is 14.7. The number of carbonyl (C=O) groups is 1. The standard InChI is InChI=1S/C16H17FN2O/c1-10-3-8-14(9-11(10)2)19-15(16(18)20)12-4-6-13(17)7-5-12/h3-9,15,19H,1-2H3,(H2,18,20). The summed E-state index contributed by atoms with van der Waals surface area (Å²) in [5.41, 5.74) is 9.17. The molecule has 0 saturated carbocycles. The van der Waals surface area contributed by atoms with Crippen LogP contribution < -0.4 is 11.1 Å². The molecule has 104 valence electrons. The smallest absolute Gasteiger partial charge is 0.244 e. The van der Waals surface area contributed by atoms with Gasteiger partial charge in [0.25, 0.3) is 0 Å². The van der Waals surface area contributed by atoms with E-state index in [9.17, 15) is 9.18 Å². The summed E-state index contributed by atoms with van der Waals surface area (Å²) in [7, 11) is 0. The van der Waals surface area contributed by atoms with Gasteiger partial charge in [-0.3, -0.25) is 4.79 Å². The number of hydrogen-bond acceptors (Lipinski definition) is 2. The fourth-order valence-electron chi connectivity index (χ4n) is 1.97. The van der Waals surface area contributed by atoms with Crippen LogP contribution in [0.3, 0.4) is 0 Å². The number of nitrogens with two attached hydrogens (primary N) is 1. The third-order valence-corrected chi connectivity index (χ3v) is 3.31. The summed E-state index contributed by atoms with van der Waals surface area (Å²) in [6.07, 6.45) is 0. The van der Waals surface area contributed by atoms with Crippen LogP contribution in [0.5, 0.6) is 0 Å². The molecule has 0 fully saturated rings. The van der Waals surface area contributed by atoms with E-state index in [1.54, 1.807) is 12.1 Å². The van der Waals surface area contributed by atoms with Gasteiger partial charge in [0.2, 0.25) is 5.91 Å². The molecule has 2 rings (SSSR count). The van der Waals surface area contributed by atoms with Crippen LogP contribution in [0.25, 0.3) is 0 Å². The van der Waals surface area contributed by atoms with Gasteiger partial charge in [0.1, 0.15) is 11.9 Å². The number of hydrogen-bond donors (Lipinski definition) is 2. The molecule has 4 heteroatoms. The van der Waals surface area contributed by atoms with E-state index in [0.717, 1.165) is 11.3 Å². The minimum absolute atomic E-state index is 0.344. The Kier molecular flexibility index (Phi) is 4.03. The summed E-state index contributed by atoms with van der Waals surface area (Å²) in [6, 6.07) is 10.9. The van der Waals surface area contributed by atoms with Gasteiger partial charge in [-0.2, -0.15) is 0 Å². The molecule has 0 aromatic heterocycles. The molecule has 0 heterocycles. The number of primary amides is 1. The van der Waals surface area contributed by atoms with Crippen molar-refractivity contribution < 1.29 is 9.18 Å². The van der Waals surface area contributed by atoms with Gasteiger partial charge in [0.05, 0.1) is 0 Å². The minimum atomic E-state index is -0.683.